The normalized spacial score (nSPS) is 16.3. The number of aryl methyl sites for hydroxylation is 2. The summed E-state index contributed by atoms with van der Waals surface area (Å²) in [6.45, 7) is 4.83. The molecule has 3 aliphatic rings. The lowest BCUT2D eigenvalue weighted by atomic mass is 9.87. The van der Waals surface area contributed by atoms with Crippen molar-refractivity contribution < 1.29 is 32.7 Å². The Bertz CT molecular complexity index is 1700. The monoisotopic (exact) mass is 599 g/mol. The fourth-order valence-corrected chi connectivity index (χ4v) is 5.93. The molecule has 0 fully saturated rings. The van der Waals surface area contributed by atoms with Gasteiger partial charge in [-0.05, 0) is 92.3 Å². The number of hydrogen-bond donors (Lipinski definition) is 1. The molecule has 1 aromatic heterocycles. The average Bonchev–Trinajstić information content (AvgIpc) is 3.35. The van der Waals surface area contributed by atoms with Crippen LogP contribution in [0.5, 0.6) is 23.0 Å². The Balaban J connectivity index is 1.39. The van der Waals surface area contributed by atoms with Crippen LogP contribution in [-0.4, -0.2) is 48.7 Å². The van der Waals surface area contributed by atoms with Gasteiger partial charge in [0.2, 0.25) is 5.91 Å². The second-order valence-electron chi connectivity index (χ2n) is 11.0. The van der Waals surface area contributed by atoms with E-state index in [9.17, 15) is 14.0 Å². The highest BCUT2D eigenvalue weighted by atomic mass is 19.1. The van der Waals surface area contributed by atoms with Gasteiger partial charge in [0.05, 0.1) is 31.0 Å². The second-order valence-corrected chi connectivity index (χ2v) is 11.0. The van der Waals surface area contributed by atoms with E-state index in [-0.39, 0.29) is 30.7 Å². The van der Waals surface area contributed by atoms with Crippen molar-refractivity contribution in [3.8, 4) is 23.0 Å². The molecule has 9 nitrogen and oxygen atoms in total. The molecule has 0 aliphatic carbocycles. The van der Waals surface area contributed by atoms with Crippen LogP contribution in [0.25, 0.3) is 0 Å². The van der Waals surface area contributed by atoms with Crippen LogP contribution in [0.3, 0.4) is 0 Å². The van der Waals surface area contributed by atoms with Crippen molar-refractivity contribution in [2.24, 2.45) is 0 Å². The summed E-state index contributed by atoms with van der Waals surface area (Å²) in [7, 11) is 1.57. The van der Waals surface area contributed by atoms with Crippen LogP contribution in [0, 0.1) is 19.7 Å². The Morgan fingerprint density at radius 3 is 2.73 bits per heavy atom. The van der Waals surface area contributed by atoms with Crippen LogP contribution in [0.2, 0.25) is 0 Å². The summed E-state index contributed by atoms with van der Waals surface area (Å²) < 4.78 is 37.6. The van der Waals surface area contributed by atoms with Crippen molar-refractivity contribution >= 4 is 11.8 Å². The minimum absolute atomic E-state index is 0.0241. The number of nitrogens with zero attached hydrogens (tertiary/aromatic N) is 2. The zero-order valence-corrected chi connectivity index (χ0v) is 24.9. The lowest BCUT2D eigenvalue weighted by molar-refractivity contribution is -0.133. The second kappa shape index (κ2) is 12.4. The fourth-order valence-electron chi connectivity index (χ4n) is 5.93. The Hall–Kier alpha value is -4.86. The molecule has 1 N–H and O–H groups in total. The average molecular weight is 600 g/mol. The van der Waals surface area contributed by atoms with Gasteiger partial charge in [0, 0.05) is 25.1 Å². The maximum absolute atomic E-state index is 14.5. The Morgan fingerprint density at radius 2 is 1.93 bits per heavy atom. The van der Waals surface area contributed by atoms with E-state index in [1.165, 1.54) is 18.2 Å². The number of methoxy groups -OCH3 is 1. The quantitative estimate of drug-likeness (QED) is 0.314. The molecule has 7 rings (SSSR count). The standard InChI is InChI=1S/C34H34FN3O6/c1-20-26(21(2)44-37-20)9-12-32(39)38-15-13-22-17-24-6-8-27(22)33(38)23-5-11-30(41-3)31(18-23)42-16-4-14-36-34(40)28-19-25(43-24)7-10-29(28)35/h5-8,10-11,17-19,33H,4,9,12-16H2,1-3H3,(H,36,40). The molecule has 2 amide bonds. The summed E-state index contributed by atoms with van der Waals surface area (Å²) in [6, 6.07) is 15.2. The first-order valence-electron chi connectivity index (χ1n) is 14.7. The molecule has 228 valence electrons. The largest absolute Gasteiger partial charge is 0.493 e. The fraction of sp³-hybridized carbons (Fsp3) is 0.324. The molecule has 0 spiro atoms. The number of carbonyl (C=O) groups is 2. The first-order chi connectivity index (χ1) is 21.3. The van der Waals surface area contributed by atoms with Gasteiger partial charge in [0.1, 0.15) is 23.1 Å². The molecule has 4 aromatic rings. The number of rotatable bonds is 4. The number of fused-ring (bicyclic) bond motifs is 6. The molecule has 4 heterocycles. The van der Waals surface area contributed by atoms with Crippen LogP contribution >= 0.6 is 0 Å². The van der Waals surface area contributed by atoms with Gasteiger partial charge in [0.15, 0.2) is 11.5 Å². The molecule has 8 bridgehead atoms. The highest BCUT2D eigenvalue weighted by molar-refractivity contribution is 5.94. The highest BCUT2D eigenvalue weighted by Gasteiger charge is 2.33. The van der Waals surface area contributed by atoms with Crippen LogP contribution in [0.1, 0.15) is 62.9 Å². The summed E-state index contributed by atoms with van der Waals surface area (Å²) >= 11 is 0. The van der Waals surface area contributed by atoms with Crippen molar-refractivity contribution in [3.05, 3.63) is 99.7 Å². The molecule has 0 saturated heterocycles. The van der Waals surface area contributed by atoms with Crippen molar-refractivity contribution in [2.45, 2.75) is 45.6 Å². The van der Waals surface area contributed by atoms with Gasteiger partial charge in [-0.25, -0.2) is 4.39 Å². The summed E-state index contributed by atoms with van der Waals surface area (Å²) in [5, 5.41) is 6.78. The van der Waals surface area contributed by atoms with Crippen molar-refractivity contribution in [3.63, 3.8) is 0 Å². The Kier molecular flexibility index (Phi) is 8.23. The van der Waals surface area contributed by atoms with Gasteiger partial charge in [-0.1, -0.05) is 17.3 Å². The number of hydrogen-bond acceptors (Lipinski definition) is 7. The molecule has 1 unspecified atom stereocenters. The molecular weight excluding hydrogens is 565 g/mol. The molecule has 3 aromatic carbocycles. The molecule has 3 aliphatic heterocycles. The maximum Gasteiger partial charge on any atom is 0.254 e. The molecular formula is C34H34FN3O6. The Morgan fingerprint density at radius 1 is 1.11 bits per heavy atom. The molecule has 44 heavy (non-hydrogen) atoms. The number of carbonyl (C=O) groups excluding carboxylic acids is 2. The van der Waals surface area contributed by atoms with Gasteiger partial charge >= 0.3 is 0 Å². The van der Waals surface area contributed by atoms with E-state index in [1.54, 1.807) is 7.11 Å². The van der Waals surface area contributed by atoms with Crippen molar-refractivity contribution in [2.75, 3.05) is 26.8 Å². The third kappa shape index (κ3) is 5.84. The molecule has 0 radical (unpaired) electrons. The predicted octanol–water partition coefficient (Wildman–Crippen LogP) is 5.85. The summed E-state index contributed by atoms with van der Waals surface area (Å²) in [4.78, 5) is 28.5. The lowest BCUT2D eigenvalue weighted by Crippen LogP contribution is -2.40. The molecule has 10 heteroatoms. The third-order valence-electron chi connectivity index (χ3n) is 8.22. The number of ether oxygens (including phenoxy) is 3. The number of benzene rings is 3. The van der Waals surface area contributed by atoms with Gasteiger partial charge in [-0.15, -0.1) is 0 Å². The predicted molar refractivity (Wildman–Crippen MR) is 160 cm³/mol. The van der Waals surface area contributed by atoms with Crippen LogP contribution in [0.15, 0.2) is 59.1 Å². The van der Waals surface area contributed by atoms with Crippen LogP contribution in [-0.2, 0) is 17.6 Å². The number of nitrogens with one attached hydrogen (secondary N) is 1. The Labute approximate surface area is 254 Å². The van der Waals surface area contributed by atoms with Gasteiger partial charge in [-0.2, -0.15) is 0 Å². The van der Waals surface area contributed by atoms with E-state index in [0.717, 1.165) is 33.7 Å². The lowest BCUT2D eigenvalue weighted by Gasteiger charge is -2.38. The van der Waals surface area contributed by atoms with E-state index in [2.05, 4.69) is 10.5 Å². The summed E-state index contributed by atoms with van der Waals surface area (Å²) in [5.41, 5.74) is 4.56. The van der Waals surface area contributed by atoms with Crippen LogP contribution < -0.4 is 19.5 Å². The zero-order chi connectivity index (χ0) is 30.8. The molecule has 1 atom stereocenters. The SMILES string of the molecule is COc1ccc2cc1OCCCNC(=O)c1cc(ccc1F)Oc1ccc3c(c1)CCN(C(=O)CCc1c(C)noc1C)C23. The van der Waals surface area contributed by atoms with E-state index in [1.807, 2.05) is 55.1 Å². The van der Waals surface area contributed by atoms with Crippen molar-refractivity contribution in [1.29, 1.82) is 0 Å². The third-order valence-corrected chi connectivity index (χ3v) is 8.22. The minimum atomic E-state index is -0.630. The first kappa shape index (κ1) is 29.2. The van der Waals surface area contributed by atoms with E-state index in [0.29, 0.717) is 55.2 Å². The van der Waals surface area contributed by atoms with Crippen molar-refractivity contribution in [1.82, 2.24) is 15.4 Å². The van der Waals surface area contributed by atoms with E-state index >= 15 is 0 Å². The number of amides is 2. The zero-order valence-electron chi connectivity index (χ0n) is 24.9. The van der Waals surface area contributed by atoms with E-state index < -0.39 is 11.7 Å². The van der Waals surface area contributed by atoms with Crippen LogP contribution in [0.4, 0.5) is 4.39 Å². The minimum Gasteiger partial charge on any atom is -0.493 e. The highest BCUT2D eigenvalue weighted by Crippen LogP contribution is 2.41. The van der Waals surface area contributed by atoms with Gasteiger partial charge in [-0.3, -0.25) is 9.59 Å². The summed E-state index contributed by atoms with van der Waals surface area (Å²) in [5.74, 6) is 1.59. The number of halogens is 1. The number of aromatic nitrogens is 1. The maximum atomic E-state index is 14.5. The smallest absolute Gasteiger partial charge is 0.254 e. The topological polar surface area (TPSA) is 103 Å². The van der Waals surface area contributed by atoms with E-state index in [4.69, 9.17) is 18.7 Å². The van der Waals surface area contributed by atoms with Gasteiger partial charge in [0.25, 0.3) is 5.91 Å². The first-order valence-corrected chi connectivity index (χ1v) is 14.7. The summed E-state index contributed by atoms with van der Waals surface area (Å²) in [6.07, 6.45) is 1.96. The molecule has 0 saturated carbocycles. The van der Waals surface area contributed by atoms with Gasteiger partial charge < -0.3 is 29.0 Å².